The highest BCUT2D eigenvalue weighted by atomic mass is 127. The second kappa shape index (κ2) is 12.0. The van der Waals surface area contributed by atoms with Crippen LogP contribution < -0.4 is 9.92 Å². The molecule has 36 heavy (non-hydrogen) atoms. The lowest BCUT2D eigenvalue weighted by molar-refractivity contribution is -0.135. The molecule has 5 atom stereocenters. The monoisotopic (exact) mass is 621 g/mol. The van der Waals surface area contributed by atoms with E-state index in [0.717, 1.165) is 38.0 Å². The van der Waals surface area contributed by atoms with Crippen LogP contribution in [0.1, 0.15) is 38.2 Å². The van der Waals surface area contributed by atoms with Gasteiger partial charge >= 0.3 is 0 Å². The molecule has 2 aromatic carbocycles. The number of hydrogen-bond donors (Lipinski definition) is 1. The van der Waals surface area contributed by atoms with Gasteiger partial charge in [0.15, 0.2) is 0 Å². The first-order valence-corrected chi connectivity index (χ1v) is 17.3. The average Bonchev–Trinajstić information content (AvgIpc) is 3.47. The predicted molar refractivity (Wildman–Crippen MR) is 156 cm³/mol. The van der Waals surface area contributed by atoms with Crippen molar-refractivity contribution in [3.63, 3.8) is 0 Å². The number of methoxy groups -OCH3 is 1. The molecule has 2 aromatic rings. The summed E-state index contributed by atoms with van der Waals surface area (Å²) in [7, 11) is -0.304. The quantitative estimate of drug-likeness (QED) is 0.317. The number of hydrogen-bond acceptors (Lipinski definition) is 4. The number of benzene rings is 2. The van der Waals surface area contributed by atoms with Crippen molar-refractivity contribution in [2.75, 3.05) is 20.3 Å². The summed E-state index contributed by atoms with van der Waals surface area (Å²) < 4.78 is 13.4. The molecule has 7 heteroatoms. The Kier molecular flexibility index (Phi) is 9.17. The van der Waals surface area contributed by atoms with Crippen molar-refractivity contribution in [3.05, 3.63) is 57.7 Å². The van der Waals surface area contributed by atoms with E-state index in [4.69, 9.17) is 9.47 Å². The van der Waals surface area contributed by atoms with Crippen LogP contribution in [0.4, 0.5) is 0 Å². The highest BCUT2D eigenvalue weighted by molar-refractivity contribution is 14.1. The Hall–Kier alpha value is -1.42. The highest BCUT2D eigenvalue weighted by Crippen LogP contribution is 2.46. The molecule has 0 saturated carbocycles. The predicted octanol–water partition coefficient (Wildman–Crippen LogP) is 5.00. The van der Waals surface area contributed by atoms with Gasteiger partial charge in [-0.2, -0.15) is 0 Å². The maximum atomic E-state index is 13.4. The molecule has 2 aliphatic heterocycles. The topological polar surface area (TPSA) is 59.0 Å². The van der Waals surface area contributed by atoms with Crippen LogP contribution in [0.25, 0.3) is 0 Å². The summed E-state index contributed by atoms with van der Waals surface area (Å²) in [5.74, 6) is 1.36. The highest BCUT2D eigenvalue weighted by Gasteiger charge is 2.51. The molecular weight excluding hydrogens is 581 g/mol. The van der Waals surface area contributed by atoms with Crippen molar-refractivity contribution >= 4 is 41.8 Å². The van der Waals surface area contributed by atoms with Gasteiger partial charge in [0.25, 0.3) is 0 Å². The van der Waals surface area contributed by atoms with Gasteiger partial charge in [0.05, 0.1) is 46.5 Å². The van der Waals surface area contributed by atoms with E-state index in [2.05, 4.69) is 91.1 Å². The number of carbonyl (C=O) groups excluding carboxylic acids is 1. The third-order valence-corrected chi connectivity index (χ3v) is 13.5. The van der Waals surface area contributed by atoms with Crippen LogP contribution in [0, 0.1) is 9.49 Å². The second-order valence-corrected chi connectivity index (χ2v) is 16.9. The lowest BCUT2D eigenvalue weighted by Gasteiger charge is -2.36. The van der Waals surface area contributed by atoms with Gasteiger partial charge in [0, 0.05) is 10.1 Å². The molecule has 196 valence electrons. The van der Waals surface area contributed by atoms with Crippen LogP contribution >= 0.6 is 22.6 Å². The molecule has 0 spiro atoms. The number of amides is 1. The van der Waals surface area contributed by atoms with Gasteiger partial charge in [-0.05, 0) is 89.6 Å². The minimum atomic E-state index is -2.00. The van der Waals surface area contributed by atoms with Crippen molar-refractivity contribution < 1.29 is 19.4 Å². The lowest BCUT2D eigenvalue weighted by Crippen LogP contribution is -2.51. The fourth-order valence-electron chi connectivity index (χ4n) is 6.49. The van der Waals surface area contributed by atoms with Gasteiger partial charge in [-0.25, -0.2) is 0 Å². The van der Waals surface area contributed by atoms with E-state index < -0.39 is 8.07 Å². The summed E-state index contributed by atoms with van der Waals surface area (Å²) in [4.78, 5) is 15.3. The van der Waals surface area contributed by atoms with E-state index in [9.17, 15) is 9.90 Å². The van der Waals surface area contributed by atoms with Crippen molar-refractivity contribution in [1.29, 1.82) is 0 Å². The number of likely N-dealkylation sites (tertiary alicyclic amines) is 1. The molecule has 0 unspecified atom stereocenters. The Morgan fingerprint density at radius 1 is 1.19 bits per heavy atom. The van der Waals surface area contributed by atoms with Crippen LogP contribution in [-0.4, -0.2) is 62.5 Å². The fourth-order valence-corrected chi connectivity index (χ4v) is 11.2. The van der Waals surface area contributed by atoms with Crippen molar-refractivity contribution in [2.24, 2.45) is 5.92 Å². The van der Waals surface area contributed by atoms with Gasteiger partial charge in [-0.15, -0.1) is 0 Å². The normalized spacial score (nSPS) is 26.4. The van der Waals surface area contributed by atoms with Gasteiger partial charge in [0.1, 0.15) is 5.75 Å². The van der Waals surface area contributed by atoms with Crippen molar-refractivity contribution in [1.82, 2.24) is 4.90 Å². The molecule has 1 N–H and O–H groups in total. The van der Waals surface area contributed by atoms with E-state index >= 15 is 0 Å². The third-order valence-electron chi connectivity index (χ3n) is 8.46. The Labute approximate surface area is 230 Å². The van der Waals surface area contributed by atoms with E-state index in [0.29, 0.717) is 17.9 Å². The molecule has 0 aromatic heterocycles. The zero-order valence-corrected chi connectivity index (χ0v) is 25.1. The zero-order valence-electron chi connectivity index (χ0n) is 22.0. The minimum absolute atomic E-state index is 0.0433. The fraction of sp³-hybridized carbons (Fsp3) is 0.552. The Morgan fingerprint density at radius 2 is 1.94 bits per heavy atom. The number of rotatable bonds is 9. The van der Waals surface area contributed by atoms with E-state index in [-0.39, 0.29) is 30.8 Å². The van der Waals surface area contributed by atoms with Gasteiger partial charge in [-0.1, -0.05) is 49.5 Å². The van der Waals surface area contributed by atoms with Gasteiger partial charge in [-0.3, -0.25) is 4.79 Å². The summed E-state index contributed by atoms with van der Waals surface area (Å²) in [5.41, 5.74) is 1.66. The largest absolute Gasteiger partial charge is 0.497 e. The SMILES string of the molecule is COc1ccc([Si](C)(C)[C@@H]2[C@@H](C)[C@@H](CCc3cccc(I)c3)O[C@H]2CC(=O)N2CCC[C@H]2CO)cc1. The molecule has 0 radical (unpaired) electrons. The first kappa shape index (κ1) is 27.6. The van der Waals surface area contributed by atoms with Gasteiger partial charge < -0.3 is 19.5 Å². The second-order valence-electron chi connectivity index (χ2n) is 11.0. The number of aliphatic hydroxyl groups excluding tert-OH is 1. The number of ether oxygens (including phenoxy) is 2. The number of aryl methyl sites for hydroxylation is 1. The Morgan fingerprint density at radius 3 is 2.61 bits per heavy atom. The van der Waals surface area contributed by atoms with E-state index in [1.54, 1.807) is 7.11 Å². The number of carbonyl (C=O) groups is 1. The molecule has 5 nitrogen and oxygen atoms in total. The molecule has 0 aliphatic carbocycles. The molecule has 1 amide bonds. The summed E-state index contributed by atoms with van der Waals surface area (Å²) >= 11 is 2.37. The van der Waals surface area contributed by atoms with Crippen molar-refractivity contribution in [2.45, 2.75) is 75.9 Å². The van der Waals surface area contributed by atoms with Crippen LogP contribution in [0.5, 0.6) is 5.75 Å². The van der Waals surface area contributed by atoms with Crippen molar-refractivity contribution in [3.8, 4) is 5.75 Å². The van der Waals surface area contributed by atoms with Crippen LogP contribution in [0.2, 0.25) is 18.6 Å². The van der Waals surface area contributed by atoms with Gasteiger partial charge in [0.2, 0.25) is 5.91 Å². The van der Waals surface area contributed by atoms with Crippen LogP contribution in [0.15, 0.2) is 48.5 Å². The maximum Gasteiger partial charge on any atom is 0.225 e. The minimum Gasteiger partial charge on any atom is -0.497 e. The summed E-state index contributed by atoms with van der Waals surface area (Å²) in [6.45, 7) is 7.96. The lowest BCUT2D eigenvalue weighted by atomic mass is 9.95. The number of nitrogens with zero attached hydrogens (tertiary/aromatic N) is 1. The standard InChI is InChI=1S/C29H40INO4Si/c1-20-26(15-10-21-7-5-8-22(30)17-21)35-27(18-28(33)31-16-6-9-23(31)19-32)29(20)36(3,4)25-13-11-24(34-2)12-14-25/h5,7-8,11-14,17,20,23,26-27,29,32H,6,9-10,15-16,18-19H2,1-4H3/t20-,23-,26+,27-,29+/m0/s1. The van der Waals surface area contributed by atoms with E-state index in [1.807, 2.05) is 4.90 Å². The molecule has 0 bridgehead atoms. The first-order valence-electron chi connectivity index (χ1n) is 13.2. The molecule has 2 heterocycles. The Balaban J connectivity index is 1.56. The third kappa shape index (κ3) is 6.00. The number of aliphatic hydroxyl groups is 1. The smallest absolute Gasteiger partial charge is 0.225 e. The number of halogens is 1. The molecule has 2 fully saturated rings. The molecular formula is C29H40INO4Si. The summed E-state index contributed by atoms with van der Waals surface area (Å²) in [5, 5.41) is 11.1. The average molecular weight is 622 g/mol. The molecule has 2 aliphatic rings. The van der Waals surface area contributed by atoms with Crippen LogP contribution in [0.3, 0.4) is 0 Å². The summed E-state index contributed by atoms with van der Waals surface area (Å²) in [6.07, 6.45) is 4.21. The molecule has 2 saturated heterocycles. The zero-order chi connectivity index (χ0) is 25.9. The summed E-state index contributed by atoms with van der Waals surface area (Å²) in [6, 6.07) is 17.2. The maximum absolute atomic E-state index is 13.4. The van der Waals surface area contributed by atoms with Crippen LogP contribution in [-0.2, 0) is 16.0 Å². The van der Waals surface area contributed by atoms with E-state index in [1.165, 1.54) is 14.3 Å². The first-order chi connectivity index (χ1) is 17.2. The Bertz CT molecular complexity index is 1030. The molecule has 4 rings (SSSR count).